The second kappa shape index (κ2) is 6.41. The van der Waals surface area contributed by atoms with Crippen molar-refractivity contribution in [2.24, 2.45) is 0 Å². The maximum Gasteiger partial charge on any atom is 0.271 e. The van der Waals surface area contributed by atoms with Crippen LogP contribution in [0.2, 0.25) is 0 Å². The van der Waals surface area contributed by atoms with Gasteiger partial charge in [-0.1, -0.05) is 29.8 Å². The lowest BCUT2D eigenvalue weighted by molar-refractivity contribution is 0.153. The lowest BCUT2D eigenvalue weighted by Gasteiger charge is -2.31. The van der Waals surface area contributed by atoms with Crippen molar-refractivity contribution in [3.8, 4) is 0 Å². The molecule has 6 nitrogen and oxygen atoms in total. The molecule has 1 atom stereocenters. The van der Waals surface area contributed by atoms with E-state index in [1.807, 2.05) is 17.9 Å². The number of aliphatic hydroxyl groups excluding tert-OH is 1. The number of anilines is 1. The standard InChI is InChI=1S/C19H21N3O3S/c1-14-8-10-16(11-9-14)26(24,25)22-18-7-3-2-6-17(18)20-19(22)21-12-4-5-15(23)13-21/h2-3,6-11,15,23H,4-5,12-13H2,1H3/t15-/m1/s1. The lowest BCUT2D eigenvalue weighted by atomic mass is 10.1. The van der Waals surface area contributed by atoms with Crippen LogP contribution in [0.5, 0.6) is 0 Å². The van der Waals surface area contributed by atoms with Crippen LogP contribution in [-0.2, 0) is 10.0 Å². The predicted molar refractivity (Wildman–Crippen MR) is 101 cm³/mol. The van der Waals surface area contributed by atoms with Crippen molar-refractivity contribution in [2.45, 2.75) is 30.8 Å². The van der Waals surface area contributed by atoms with E-state index in [2.05, 4.69) is 4.98 Å². The number of imidazole rings is 1. The summed E-state index contributed by atoms with van der Waals surface area (Å²) in [6.07, 6.45) is 1.05. The number of fused-ring (bicyclic) bond motifs is 1. The van der Waals surface area contributed by atoms with Gasteiger partial charge in [-0.25, -0.2) is 17.4 Å². The van der Waals surface area contributed by atoms with E-state index in [4.69, 9.17) is 0 Å². The molecule has 1 saturated heterocycles. The molecule has 3 aromatic rings. The highest BCUT2D eigenvalue weighted by Crippen LogP contribution is 2.30. The molecule has 1 aromatic heterocycles. The van der Waals surface area contributed by atoms with Gasteiger partial charge in [-0.3, -0.25) is 0 Å². The Morgan fingerprint density at radius 1 is 1.12 bits per heavy atom. The number of rotatable bonds is 3. The Balaban J connectivity index is 1.92. The van der Waals surface area contributed by atoms with Crippen LogP contribution in [0, 0.1) is 6.92 Å². The average molecular weight is 371 g/mol. The molecule has 1 fully saturated rings. The summed E-state index contributed by atoms with van der Waals surface area (Å²) in [5.41, 5.74) is 2.17. The van der Waals surface area contributed by atoms with E-state index in [1.165, 1.54) is 3.97 Å². The van der Waals surface area contributed by atoms with E-state index in [-0.39, 0.29) is 4.90 Å². The van der Waals surface area contributed by atoms with Gasteiger partial charge >= 0.3 is 0 Å². The number of aromatic nitrogens is 2. The van der Waals surface area contributed by atoms with E-state index in [1.54, 1.807) is 42.5 Å². The average Bonchev–Trinajstić information content (AvgIpc) is 3.02. The summed E-state index contributed by atoms with van der Waals surface area (Å²) >= 11 is 0. The molecule has 0 bridgehead atoms. The first kappa shape index (κ1) is 17.1. The van der Waals surface area contributed by atoms with Crippen LogP contribution < -0.4 is 4.90 Å². The number of hydrogen-bond acceptors (Lipinski definition) is 5. The van der Waals surface area contributed by atoms with Crippen LogP contribution in [0.25, 0.3) is 11.0 Å². The summed E-state index contributed by atoms with van der Waals surface area (Å²) in [7, 11) is -3.81. The normalized spacial score (nSPS) is 18.4. The Morgan fingerprint density at radius 3 is 2.58 bits per heavy atom. The molecule has 1 N–H and O–H groups in total. The van der Waals surface area contributed by atoms with Crippen LogP contribution >= 0.6 is 0 Å². The molecular weight excluding hydrogens is 350 g/mol. The van der Waals surface area contributed by atoms with Gasteiger partial charge in [0.15, 0.2) is 0 Å². The van der Waals surface area contributed by atoms with Crippen molar-refractivity contribution < 1.29 is 13.5 Å². The van der Waals surface area contributed by atoms with Crippen molar-refractivity contribution in [3.63, 3.8) is 0 Å². The number of para-hydroxylation sites is 2. The van der Waals surface area contributed by atoms with Crippen LogP contribution in [0.4, 0.5) is 5.95 Å². The maximum absolute atomic E-state index is 13.4. The molecule has 0 aliphatic carbocycles. The number of nitrogens with zero attached hydrogens (tertiary/aromatic N) is 3. The molecule has 1 aliphatic heterocycles. The Hall–Kier alpha value is -2.38. The van der Waals surface area contributed by atoms with Crippen molar-refractivity contribution in [1.29, 1.82) is 0 Å². The SMILES string of the molecule is Cc1ccc(S(=O)(=O)n2c(N3CCC[C@@H](O)C3)nc3ccccc32)cc1. The van der Waals surface area contributed by atoms with Gasteiger partial charge in [-0.15, -0.1) is 0 Å². The zero-order chi connectivity index (χ0) is 18.3. The molecule has 0 spiro atoms. The van der Waals surface area contributed by atoms with Crippen molar-refractivity contribution in [3.05, 3.63) is 54.1 Å². The van der Waals surface area contributed by atoms with Crippen LogP contribution in [0.1, 0.15) is 18.4 Å². The summed E-state index contributed by atoms with van der Waals surface area (Å²) in [4.78, 5) is 6.67. The molecule has 0 amide bonds. The Kier molecular flexibility index (Phi) is 4.20. The number of hydrogen-bond donors (Lipinski definition) is 1. The third-order valence-corrected chi connectivity index (χ3v) is 6.45. The summed E-state index contributed by atoms with van der Waals surface area (Å²) in [6.45, 7) is 2.97. The minimum atomic E-state index is -3.81. The Labute approximate surface area is 152 Å². The molecule has 2 heterocycles. The van der Waals surface area contributed by atoms with Crippen molar-refractivity contribution in [2.75, 3.05) is 18.0 Å². The summed E-state index contributed by atoms with van der Waals surface area (Å²) in [5.74, 6) is 0.366. The van der Waals surface area contributed by atoms with Gasteiger partial charge in [0.05, 0.1) is 22.0 Å². The smallest absolute Gasteiger partial charge is 0.271 e. The number of piperidine rings is 1. The predicted octanol–water partition coefficient (Wildman–Crippen LogP) is 2.54. The Morgan fingerprint density at radius 2 is 1.85 bits per heavy atom. The van der Waals surface area contributed by atoms with Crippen molar-refractivity contribution >= 4 is 27.0 Å². The van der Waals surface area contributed by atoms with Gasteiger partial charge < -0.3 is 10.0 Å². The van der Waals surface area contributed by atoms with Gasteiger partial charge in [-0.05, 0) is 44.0 Å². The monoisotopic (exact) mass is 371 g/mol. The van der Waals surface area contributed by atoms with Gasteiger partial charge in [0.2, 0.25) is 5.95 Å². The van der Waals surface area contributed by atoms with Crippen molar-refractivity contribution in [1.82, 2.24) is 8.96 Å². The fourth-order valence-electron chi connectivity index (χ4n) is 3.38. The number of β-amino-alcohol motifs (C(OH)–C–C–N with tert-alkyl or cyclic N) is 1. The van der Waals surface area contributed by atoms with E-state index in [0.29, 0.717) is 30.1 Å². The molecule has 0 unspecified atom stereocenters. The first-order valence-electron chi connectivity index (χ1n) is 8.69. The second-order valence-electron chi connectivity index (χ2n) is 6.73. The van der Waals surface area contributed by atoms with Crippen LogP contribution in [-0.4, -0.2) is 41.7 Å². The Bertz CT molecular complexity index is 1040. The van der Waals surface area contributed by atoms with E-state index >= 15 is 0 Å². The molecule has 136 valence electrons. The molecule has 0 saturated carbocycles. The fraction of sp³-hybridized carbons (Fsp3) is 0.316. The third kappa shape index (κ3) is 2.87. The van der Waals surface area contributed by atoms with E-state index in [0.717, 1.165) is 18.4 Å². The highest BCUT2D eigenvalue weighted by molar-refractivity contribution is 7.90. The van der Waals surface area contributed by atoms with Crippen LogP contribution in [0.15, 0.2) is 53.4 Å². The van der Waals surface area contributed by atoms with Gasteiger partial charge in [0.1, 0.15) is 0 Å². The fourth-order valence-corrected chi connectivity index (χ4v) is 4.85. The van der Waals surface area contributed by atoms with Gasteiger partial charge in [0, 0.05) is 13.1 Å². The molecule has 1 aliphatic rings. The highest BCUT2D eigenvalue weighted by Gasteiger charge is 2.29. The largest absolute Gasteiger partial charge is 0.391 e. The molecule has 4 rings (SSSR count). The van der Waals surface area contributed by atoms with E-state index in [9.17, 15) is 13.5 Å². The maximum atomic E-state index is 13.4. The summed E-state index contributed by atoms with van der Waals surface area (Å²) in [5, 5.41) is 10.0. The molecule has 0 radical (unpaired) electrons. The summed E-state index contributed by atoms with van der Waals surface area (Å²) in [6, 6.07) is 14.0. The molecular formula is C19H21N3O3S. The third-order valence-electron chi connectivity index (χ3n) is 4.74. The number of aryl methyl sites for hydroxylation is 1. The summed E-state index contributed by atoms with van der Waals surface area (Å²) < 4.78 is 28.1. The molecule has 7 heteroatoms. The molecule has 26 heavy (non-hydrogen) atoms. The minimum absolute atomic E-state index is 0.227. The van der Waals surface area contributed by atoms with Gasteiger partial charge in [0.25, 0.3) is 10.0 Å². The van der Waals surface area contributed by atoms with Gasteiger partial charge in [-0.2, -0.15) is 0 Å². The number of benzene rings is 2. The number of aliphatic hydroxyl groups is 1. The minimum Gasteiger partial charge on any atom is -0.391 e. The molecule has 2 aromatic carbocycles. The zero-order valence-corrected chi connectivity index (χ0v) is 15.4. The topological polar surface area (TPSA) is 75.4 Å². The van der Waals surface area contributed by atoms with E-state index < -0.39 is 16.1 Å². The highest BCUT2D eigenvalue weighted by atomic mass is 32.2. The van der Waals surface area contributed by atoms with Crippen LogP contribution in [0.3, 0.4) is 0 Å². The first-order chi connectivity index (χ1) is 12.5. The quantitative estimate of drug-likeness (QED) is 0.766. The second-order valence-corrected chi connectivity index (χ2v) is 8.51. The first-order valence-corrected chi connectivity index (χ1v) is 10.1. The lowest BCUT2D eigenvalue weighted by Crippen LogP contribution is -2.40. The zero-order valence-electron chi connectivity index (χ0n) is 14.5.